The lowest BCUT2D eigenvalue weighted by molar-refractivity contribution is 0.315. The SMILES string of the molecule is COc1ccc([C](C)CO)cc1Br. The summed E-state index contributed by atoms with van der Waals surface area (Å²) in [5.41, 5.74) is 1.02. The van der Waals surface area contributed by atoms with Crippen molar-refractivity contribution in [3.8, 4) is 5.75 Å². The highest BCUT2D eigenvalue weighted by Crippen LogP contribution is 2.28. The van der Waals surface area contributed by atoms with Crippen molar-refractivity contribution in [2.24, 2.45) is 0 Å². The van der Waals surface area contributed by atoms with Crippen molar-refractivity contribution in [2.45, 2.75) is 6.92 Å². The van der Waals surface area contributed by atoms with E-state index in [0.29, 0.717) is 0 Å². The third-order valence-corrected chi connectivity index (χ3v) is 2.50. The molecule has 2 nitrogen and oxygen atoms in total. The van der Waals surface area contributed by atoms with Crippen LogP contribution < -0.4 is 4.74 Å². The van der Waals surface area contributed by atoms with E-state index < -0.39 is 0 Å². The van der Waals surface area contributed by atoms with Crippen molar-refractivity contribution in [2.75, 3.05) is 13.7 Å². The topological polar surface area (TPSA) is 29.5 Å². The lowest BCUT2D eigenvalue weighted by Crippen LogP contribution is -2.00. The third-order valence-electron chi connectivity index (χ3n) is 1.88. The van der Waals surface area contributed by atoms with Crippen LogP contribution in [0, 0.1) is 5.92 Å². The van der Waals surface area contributed by atoms with Crippen molar-refractivity contribution in [1.29, 1.82) is 0 Å². The Bertz CT molecular complexity index is 286. The number of aliphatic hydroxyl groups excluding tert-OH is 1. The van der Waals surface area contributed by atoms with E-state index in [-0.39, 0.29) is 6.61 Å². The predicted molar refractivity (Wildman–Crippen MR) is 55.8 cm³/mol. The fourth-order valence-corrected chi connectivity index (χ4v) is 1.56. The van der Waals surface area contributed by atoms with Crippen LogP contribution in [0.3, 0.4) is 0 Å². The van der Waals surface area contributed by atoms with Gasteiger partial charge in [0.15, 0.2) is 0 Å². The fourth-order valence-electron chi connectivity index (χ4n) is 1.02. The summed E-state index contributed by atoms with van der Waals surface area (Å²) in [6, 6.07) is 5.73. The van der Waals surface area contributed by atoms with Crippen molar-refractivity contribution in [3.63, 3.8) is 0 Å². The Morgan fingerprint density at radius 3 is 2.69 bits per heavy atom. The molecule has 1 aromatic carbocycles. The number of hydrogen-bond donors (Lipinski definition) is 1. The second-order valence-corrected chi connectivity index (χ2v) is 3.64. The molecule has 71 valence electrons. The molecule has 0 unspecified atom stereocenters. The molecule has 13 heavy (non-hydrogen) atoms. The summed E-state index contributed by atoms with van der Waals surface area (Å²) in [6.07, 6.45) is 0. The van der Waals surface area contributed by atoms with Crippen molar-refractivity contribution in [3.05, 3.63) is 34.2 Å². The van der Waals surface area contributed by atoms with Gasteiger partial charge in [0.1, 0.15) is 5.75 Å². The number of aliphatic hydroxyl groups is 1. The monoisotopic (exact) mass is 243 g/mol. The van der Waals surface area contributed by atoms with Gasteiger partial charge < -0.3 is 9.84 Å². The van der Waals surface area contributed by atoms with E-state index in [9.17, 15) is 0 Å². The maximum absolute atomic E-state index is 8.92. The zero-order chi connectivity index (χ0) is 9.84. The maximum Gasteiger partial charge on any atom is 0.133 e. The maximum atomic E-state index is 8.92. The largest absolute Gasteiger partial charge is 0.496 e. The van der Waals surface area contributed by atoms with Crippen LogP contribution in [0.1, 0.15) is 12.5 Å². The van der Waals surface area contributed by atoms with Crippen molar-refractivity contribution >= 4 is 15.9 Å². The number of methoxy groups -OCH3 is 1. The Morgan fingerprint density at radius 1 is 1.54 bits per heavy atom. The normalized spacial score (nSPS) is 10.5. The van der Waals surface area contributed by atoms with Crippen molar-refractivity contribution < 1.29 is 9.84 Å². The zero-order valence-corrected chi connectivity index (χ0v) is 9.26. The molecule has 0 atom stereocenters. The van der Waals surface area contributed by atoms with Gasteiger partial charge in [0.05, 0.1) is 18.2 Å². The first-order valence-corrected chi connectivity index (χ1v) is 4.75. The number of rotatable bonds is 3. The molecular weight excluding hydrogens is 232 g/mol. The Hall–Kier alpha value is -0.540. The third kappa shape index (κ3) is 2.45. The first-order chi connectivity index (χ1) is 6.19. The molecule has 0 amide bonds. The molecule has 0 aliphatic rings. The molecule has 3 heteroatoms. The van der Waals surface area contributed by atoms with E-state index in [4.69, 9.17) is 9.84 Å². The molecule has 0 saturated heterocycles. The van der Waals surface area contributed by atoms with Gasteiger partial charge in [-0.25, -0.2) is 0 Å². The van der Waals surface area contributed by atoms with Gasteiger partial charge in [0.2, 0.25) is 0 Å². The summed E-state index contributed by atoms with van der Waals surface area (Å²) >= 11 is 3.38. The standard InChI is InChI=1S/C10H12BrO2/c1-7(6-12)8-3-4-10(13-2)9(11)5-8/h3-5,12H,6H2,1-2H3. The van der Waals surface area contributed by atoms with Crippen LogP contribution in [0.15, 0.2) is 22.7 Å². The van der Waals surface area contributed by atoms with Crippen LogP contribution in [0.5, 0.6) is 5.75 Å². The zero-order valence-electron chi connectivity index (χ0n) is 7.67. The number of hydrogen-bond acceptors (Lipinski definition) is 2. The summed E-state index contributed by atoms with van der Waals surface area (Å²) in [5.74, 6) is 1.75. The quantitative estimate of drug-likeness (QED) is 0.884. The van der Waals surface area contributed by atoms with Gasteiger partial charge in [0.25, 0.3) is 0 Å². The van der Waals surface area contributed by atoms with Gasteiger partial charge in [0, 0.05) is 5.92 Å². The fraction of sp³-hybridized carbons (Fsp3) is 0.300. The van der Waals surface area contributed by atoms with E-state index in [2.05, 4.69) is 15.9 Å². The van der Waals surface area contributed by atoms with Crippen LogP contribution in [0.4, 0.5) is 0 Å². The number of ether oxygens (including phenoxy) is 1. The molecule has 0 aromatic heterocycles. The van der Waals surface area contributed by atoms with Gasteiger partial charge in [-0.1, -0.05) is 13.0 Å². The van der Waals surface area contributed by atoms with E-state index in [1.165, 1.54) is 0 Å². The van der Waals surface area contributed by atoms with E-state index in [1.807, 2.05) is 25.1 Å². The highest BCUT2D eigenvalue weighted by atomic mass is 79.9. The number of benzene rings is 1. The van der Waals surface area contributed by atoms with Gasteiger partial charge in [-0.2, -0.15) is 0 Å². The molecule has 0 fully saturated rings. The lowest BCUT2D eigenvalue weighted by Gasteiger charge is -2.09. The van der Waals surface area contributed by atoms with Crippen LogP contribution in [-0.2, 0) is 0 Å². The molecule has 0 aliphatic carbocycles. The summed E-state index contributed by atoms with van der Waals surface area (Å²) in [5, 5.41) is 8.92. The Morgan fingerprint density at radius 2 is 2.23 bits per heavy atom. The van der Waals surface area contributed by atoms with Crippen LogP contribution >= 0.6 is 15.9 Å². The molecule has 1 radical (unpaired) electrons. The Balaban J connectivity index is 2.95. The molecule has 0 aliphatic heterocycles. The minimum Gasteiger partial charge on any atom is -0.496 e. The summed E-state index contributed by atoms with van der Waals surface area (Å²) in [6.45, 7) is 1.98. The summed E-state index contributed by atoms with van der Waals surface area (Å²) in [7, 11) is 1.63. The van der Waals surface area contributed by atoms with Gasteiger partial charge in [-0.15, -0.1) is 0 Å². The molecular formula is C10H12BrO2. The summed E-state index contributed by atoms with van der Waals surface area (Å²) < 4.78 is 6.00. The van der Waals surface area contributed by atoms with Gasteiger partial charge in [-0.3, -0.25) is 0 Å². The minimum atomic E-state index is 0.0821. The molecule has 0 saturated carbocycles. The Kier molecular flexibility index (Phi) is 3.75. The summed E-state index contributed by atoms with van der Waals surface area (Å²) in [4.78, 5) is 0. The highest BCUT2D eigenvalue weighted by molar-refractivity contribution is 9.10. The second kappa shape index (κ2) is 4.63. The van der Waals surface area contributed by atoms with Crippen molar-refractivity contribution in [1.82, 2.24) is 0 Å². The van der Waals surface area contributed by atoms with Crippen LogP contribution in [0.25, 0.3) is 0 Å². The molecule has 1 rings (SSSR count). The average Bonchev–Trinajstić information content (AvgIpc) is 2.16. The second-order valence-electron chi connectivity index (χ2n) is 2.79. The van der Waals surface area contributed by atoms with Crippen LogP contribution in [0.2, 0.25) is 0 Å². The van der Waals surface area contributed by atoms with Gasteiger partial charge in [-0.05, 0) is 33.6 Å². The minimum absolute atomic E-state index is 0.0821. The first kappa shape index (κ1) is 10.5. The van der Waals surface area contributed by atoms with E-state index in [1.54, 1.807) is 7.11 Å². The molecule has 0 bridgehead atoms. The average molecular weight is 244 g/mol. The van der Waals surface area contributed by atoms with Gasteiger partial charge >= 0.3 is 0 Å². The highest BCUT2D eigenvalue weighted by Gasteiger charge is 2.07. The first-order valence-electron chi connectivity index (χ1n) is 3.96. The molecule has 1 aromatic rings. The van der Waals surface area contributed by atoms with E-state index >= 15 is 0 Å². The number of halogens is 1. The molecule has 0 spiro atoms. The van der Waals surface area contributed by atoms with E-state index in [0.717, 1.165) is 21.7 Å². The Labute approximate surface area is 86.7 Å². The molecule has 0 heterocycles. The predicted octanol–water partition coefficient (Wildman–Crippen LogP) is 2.39. The van der Waals surface area contributed by atoms with Crippen LogP contribution in [-0.4, -0.2) is 18.8 Å². The molecule has 1 N–H and O–H groups in total. The smallest absolute Gasteiger partial charge is 0.133 e. The lowest BCUT2D eigenvalue weighted by atomic mass is 10.0.